The van der Waals surface area contributed by atoms with Gasteiger partial charge in [0.05, 0.1) is 24.4 Å². The summed E-state index contributed by atoms with van der Waals surface area (Å²) in [6.45, 7) is 11.1. The molecule has 11 heteroatoms. The van der Waals surface area contributed by atoms with E-state index < -0.39 is 22.9 Å². The van der Waals surface area contributed by atoms with Gasteiger partial charge in [0.2, 0.25) is 0 Å². The Balaban J connectivity index is 1.94. The monoisotopic (exact) mass is 513 g/mol. The molecule has 36 heavy (non-hydrogen) atoms. The van der Waals surface area contributed by atoms with Crippen molar-refractivity contribution in [1.82, 2.24) is 23.3 Å². The number of carbonyl (C=O) groups is 1. The lowest BCUT2D eigenvalue weighted by Gasteiger charge is -2.21. The second kappa shape index (κ2) is 9.02. The van der Waals surface area contributed by atoms with Gasteiger partial charge in [0.25, 0.3) is 5.56 Å². The first-order chi connectivity index (χ1) is 16.9. The van der Waals surface area contributed by atoms with Crippen LogP contribution in [0.3, 0.4) is 0 Å². The van der Waals surface area contributed by atoms with Crippen molar-refractivity contribution in [3.8, 4) is 0 Å². The Kier molecular flexibility index (Phi) is 6.34. The highest BCUT2D eigenvalue weighted by Gasteiger charge is 2.25. The fourth-order valence-electron chi connectivity index (χ4n) is 4.12. The maximum Gasteiger partial charge on any atom is 0.419 e. The summed E-state index contributed by atoms with van der Waals surface area (Å²) in [7, 11) is 3.18. The lowest BCUT2D eigenvalue weighted by Crippen LogP contribution is -2.40. The summed E-state index contributed by atoms with van der Waals surface area (Å²) < 4.78 is 16.3. The van der Waals surface area contributed by atoms with E-state index in [0.717, 1.165) is 4.57 Å². The number of ether oxygens (including phenoxy) is 2. The summed E-state index contributed by atoms with van der Waals surface area (Å²) in [5.41, 5.74) is -0.637. The maximum atomic E-state index is 13.6. The molecule has 0 unspecified atom stereocenters. The molecule has 1 aromatic carbocycles. The third-order valence-corrected chi connectivity index (χ3v) is 6.02. The highest BCUT2D eigenvalue weighted by molar-refractivity contribution is 6.35. The molecule has 0 aliphatic carbocycles. The van der Waals surface area contributed by atoms with Crippen molar-refractivity contribution >= 4 is 45.5 Å². The van der Waals surface area contributed by atoms with E-state index in [1.165, 1.54) is 16.2 Å². The summed E-state index contributed by atoms with van der Waals surface area (Å²) in [4.78, 5) is 44.5. The van der Waals surface area contributed by atoms with E-state index in [9.17, 15) is 14.4 Å². The standard InChI is InChI=1S/C25H28ClN5O5/c1-8-35-14(2)20-27-21-19(28(20)6)22(32)30(23(33)29(21)7)13-15-12-16-17(26)10-9-11-18(16)31(15)24(34)36-25(3,4)5/h9-12H,2,8,13H2,1,3-7H3. The number of hydrogen-bond donors (Lipinski definition) is 0. The summed E-state index contributed by atoms with van der Waals surface area (Å²) in [6, 6.07) is 6.83. The van der Waals surface area contributed by atoms with Crippen LogP contribution in [0.1, 0.15) is 39.2 Å². The molecule has 0 bridgehead atoms. The first kappa shape index (κ1) is 25.3. The number of halogens is 1. The molecule has 4 aromatic rings. The van der Waals surface area contributed by atoms with Crippen LogP contribution in [0.25, 0.3) is 27.8 Å². The van der Waals surface area contributed by atoms with Crippen molar-refractivity contribution in [3.05, 3.63) is 68.2 Å². The molecule has 0 amide bonds. The molecule has 0 saturated carbocycles. The largest absolute Gasteiger partial charge is 0.491 e. The molecule has 0 fully saturated rings. The minimum atomic E-state index is -0.760. The number of imidazole rings is 1. The number of hydrogen-bond acceptors (Lipinski definition) is 6. The number of carbonyl (C=O) groups excluding carboxylic acids is 1. The van der Waals surface area contributed by atoms with Gasteiger partial charge < -0.3 is 14.0 Å². The highest BCUT2D eigenvalue weighted by Crippen LogP contribution is 2.28. The van der Waals surface area contributed by atoms with Gasteiger partial charge in [0.1, 0.15) is 5.60 Å². The smallest absolute Gasteiger partial charge is 0.419 e. The van der Waals surface area contributed by atoms with Gasteiger partial charge in [0, 0.05) is 24.5 Å². The predicted molar refractivity (Wildman–Crippen MR) is 139 cm³/mol. The molecule has 0 aliphatic heterocycles. The summed E-state index contributed by atoms with van der Waals surface area (Å²) in [5.74, 6) is 0.626. The number of fused-ring (bicyclic) bond motifs is 2. The molecule has 0 aliphatic rings. The van der Waals surface area contributed by atoms with Crippen molar-refractivity contribution < 1.29 is 14.3 Å². The van der Waals surface area contributed by atoms with Crippen molar-refractivity contribution in [3.63, 3.8) is 0 Å². The maximum absolute atomic E-state index is 13.6. The molecular weight excluding hydrogens is 486 g/mol. The number of aryl methyl sites for hydroxylation is 2. The fourth-order valence-corrected chi connectivity index (χ4v) is 4.35. The number of benzene rings is 1. The average molecular weight is 514 g/mol. The predicted octanol–water partition coefficient (Wildman–Crippen LogP) is 3.88. The van der Waals surface area contributed by atoms with Gasteiger partial charge in [-0.2, -0.15) is 0 Å². The topological polar surface area (TPSA) is 102 Å². The fraction of sp³-hybridized carbons (Fsp3) is 0.360. The minimum absolute atomic E-state index is 0.196. The van der Waals surface area contributed by atoms with Gasteiger partial charge in [-0.3, -0.25) is 13.9 Å². The van der Waals surface area contributed by atoms with Crippen molar-refractivity contribution in [2.75, 3.05) is 6.61 Å². The molecule has 0 N–H and O–H groups in total. The van der Waals surface area contributed by atoms with Gasteiger partial charge in [-0.1, -0.05) is 24.2 Å². The normalized spacial score (nSPS) is 11.9. The van der Waals surface area contributed by atoms with E-state index in [1.807, 2.05) is 6.92 Å². The molecule has 0 radical (unpaired) electrons. The first-order valence-electron chi connectivity index (χ1n) is 11.4. The van der Waals surface area contributed by atoms with Crippen LogP contribution in [0.15, 0.2) is 40.4 Å². The molecule has 4 rings (SSSR count). The second-order valence-corrected chi connectivity index (χ2v) is 9.79. The Hall–Kier alpha value is -3.79. The van der Waals surface area contributed by atoms with Gasteiger partial charge in [0.15, 0.2) is 22.7 Å². The molecule has 10 nitrogen and oxygen atoms in total. The van der Waals surface area contributed by atoms with E-state index in [2.05, 4.69) is 11.6 Å². The Labute approximate surface area is 211 Å². The minimum Gasteiger partial charge on any atom is -0.491 e. The van der Waals surface area contributed by atoms with Crippen LogP contribution >= 0.6 is 11.6 Å². The zero-order valence-electron chi connectivity index (χ0n) is 21.1. The Bertz CT molecular complexity index is 1650. The summed E-state index contributed by atoms with van der Waals surface area (Å²) >= 11 is 6.40. The quantitative estimate of drug-likeness (QED) is 0.375. The summed E-state index contributed by atoms with van der Waals surface area (Å²) in [5, 5.41) is 1.03. The zero-order chi connectivity index (χ0) is 26.5. The van der Waals surface area contributed by atoms with Gasteiger partial charge in [-0.25, -0.2) is 19.1 Å². The van der Waals surface area contributed by atoms with Gasteiger partial charge in [-0.05, 0) is 45.9 Å². The van der Waals surface area contributed by atoms with E-state index in [0.29, 0.717) is 34.1 Å². The van der Waals surface area contributed by atoms with Crippen molar-refractivity contribution in [2.45, 2.75) is 39.8 Å². The molecule has 190 valence electrons. The van der Waals surface area contributed by atoms with E-state index in [1.54, 1.807) is 56.7 Å². The van der Waals surface area contributed by atoms with Crippen LogP contribution in [0.4, 0.5) is 4.79 Å². The van der Waals surface area contributed by atoms with Crippen LogP contribution in [0.2, 0.25) is 5.02 Å². The molecule has 0 atom stereocenters. The van der Waals surface area contributed by atoms with Crippen molar-refractivity contribution in [2.24, 2.45) is 14.1 Å². The molecule has 0 saturated heterocycles. The van der Waals surface area contributed by atoms with Crippen LogP contribution in [0, 0.1) is 0 Å². The first-order valence-corrected chi connectivity index (χ1v) is 11.7. The summed E-state index contributed by atoms with van der Waals surface area (Å²) in [6.07, 6.45) is -0.642. The second-order valence-electron chi connectivity index (χ2n) is 9.38. The molecule has 3 heterocycles. The van der Waals surface area contributed by atoms with Gasteiger partial charge >= 0.3 is 11.8 Å². The lowest BCUT2D eigenvalue weighted by molar-refractivity contribution is 0.0540. The molecule has 0 spiro atoms. The number of nitrogens with zero attached hydrogens (tertiary/aromatic N) is 5. The Morgan fingerprint density at radius 3 is 2.50 bits per heavy atom. The Morgan fingerprint density at radius 1 is 1.17 bits per heavy atom. The van der Waals surface area contributed by atoms with E-state index in [-0.39, 0.29) is 23.5 Å². The number of rotatable bonds is 5. The third kappa shape index (κ3) is 4.21. The molecule has 3 aromatic heterocycles. The zero-order valence-corrected chi connectivity index (χ0v) is 21.8. The van der Waals surface area contributed by atoms with E-state index in [4.69, 9.17) is 21.1 Å². The van der Waals surface area contributed by atoms with Crippen LogP contribution in [-0.2, 0) is 30.1 Å². The van der Waals surface area contributed by atoms with Gasteiger partial charge in [-0.15, -0.1) is 0 Å². The van der Waals surface area contributed by atoms with Crippen LogP contribution in [-0.4, -0.2) is 41.6 Å². The third-order valence-electron chi connectivity index (χ3n) is 5.69. The molecular formula is C25H28ClN5O5. The van der Waals surface area contributed by atoms with Crippen LogP contribution in [0.5, 0.6) is 0 Å². The van der Waals surface area contributed by atoms with E-state index >= 15 is 0 Å². The highest BCUT2D eigenvalue weighted by atomic mass is 35.5. The van der Waals surface area contributed by atoms with Crippen molar-refractivity contribution in [1.29, 1.82) is 0 Å². The average Bonchev–Trinajstić information content (AvgIpc) is 3.33. The SMILES string of the molecule is C=C(OCC)c1nc2c(c(=O)n(Cc3cc4c(Cl)cccc4n3C(=O)OC(C)(C)C)c(=O)n2C)n1C. The number of aromatic nitrogens is 5. The lowest BCUT2D eigenvalue weighted by atomic mass is 10.2. The van der Waals surface area contributed by atoms with Crippen LogP contribution < -0.4 is 11.2 Å². The Morgan fingerprint density at radius 2 is 1.86 bits per heavy atom.